The smallest absolute Gasteiger partial charge is 0.225 e. The van der Waals surface area contributed by atoms with Crippen molar-refractivity contribution in [1.82, 2.24) is 15.0 Å². The maximum Gasteiger partial charge on any atom is 0.225 e. The van der Waals surface area contributed by atoms with Gasteiger partial charge in [0.05, 0.1) is 24.0 Å². The second-order valence-electron chi connectivity index (χ2n) is 3.63. The van der Waals surface area contributed by atoms with Gasteiger partial charge >= 0.3 is 0 Å². The number of aliphatic hydroxyl groups excluding tert-OH is 2. The number of hydrogen-bond acceptors (Lipinski definition) is 5. The van der Waals surface area contributed by atoms with Crippen LogP contribution in [0.25, 0.3) is 11.0 Å². The molecule has 8 heteroatoms. The van der Waals surface area contributed by atoms with E-state index in [0.717, 1.165) is 0 Å². The molecular weight excluding hydrogens is 279 g/mol. The summed E-state index contributed by atoms with van der Waals surface area (Å²) in [5.41, 5.74) is 0.688. The van der Waals surface area contributed by atoms with E-state index >= 15 is 0 Å². The Bertz CT molecular complexity index is 622. The molecule has 0 radical (unpaired) electrons. The number of hydrogen-bond donors (Lipinski definition) is 3. The van der Waals surface area contributed by atoms with Crippen LogP contribution in [0, 0.1) is 11.3 Å². The lowest BCUT2D eigenvalue weighted by atomic mass is 10.0. The minimum atomic E-state index is -1.25. The van der Waals surface area contributed by atoms with Crippen molar-refractivity contribution >= 4 is 34.2 Å². The van der Waals surface area contributed by atoms with Crippen LogP contribution in [-0.2, 0) is 0 Å². The number of rotatable bonds is 3. The van der Waals surface area contributed by atoms with E-state index < -0.39 is 12.2 Å². The van der Waals surface area contributed by atoms with Crippen molar-refractivity contribution in [2.24, 2.45) is 0 Å². The fourth-order valence-electron chi connectivity index (χ4n) is 1.63. The summed E-state index contributed by atoms with van der Waals surface area (Å²) in [7, 11) is 0. The Labute approximate surface area is 112 Å². The first-order chi connectivity index (χ1) is 8.54. The SMILES string of the molecule is N#CCC(O)C(O)c1c[nH]c2nc(Cl)nc(Cl)c12. The summed E-state index contributed by atoms with van der Waals surface area (Å²) >= 11 is 11.6. The Morgan fingerprint density at radius 1 is 1.39 bits per heavy atom. The third kappa shape index (κ3) is 2.26. The van der Waals surface area contributed by atoms with E-state index in [0.29, 0.717) is 16.6 Å². The molecule has 2 rings (SSSR count). The Hall–Kier alpha value is -1.39. The lowest BCUT2D eigenvalue weighted by molar-refractivity contribution is 0.0225. The van der Waals surface area contributed by atoms with E-state index in [1.807, 2.05) is 0 Å². The van der Waals surface area contributed by atoms with Crippen LogP contribution in [0.4, 0.5) is 0 Å². The molecule has 3 N–H and O–H groups in total. The van der Waals surface area contributed by atoms with Gasteiger partial charge in [0.2, 0.25) is 5.28 Å². The van der Waals surface area contributed by atoms with Crippen LogP contribution in [0.1, 0.15) is 18.1 Å². The molecule has 2 aromatic rings. The number of aromatic amines is 1. The molecule has 0 spiro atoms. The molecule has 2 aromatic heterocycles. The van der Waals surface area contributed by atoms with Crippen molar-refractivity contribution in [2.45, 2.75) is 18.6 Å². The molecule has 0 aliphatic rings. The number of aliphatic hydroxyl groups is 2. The predicted molar refractivity (Wildman–Crippen MR) is 65.1 cm³/mol. The van der Waals surface area contributed by atoms with Gasteiger partial charge in [-0.1, -0.05) is 11.6 Å². The van der Waals surface area contributed by atoms with Crippen molar-refractivity contribution in [3.8, 4) is 6.07 Å². The normalized spacial score (nSPS) is 14.4. The predicted octanol–water partition coefficient (Wildman–Crippen LogP) is 1.57. The summed E-state index contributed by atoms with van der Waals surface area (Å²) in [5, 5.41) is 28.5. The molecule has 6 nitrogen and oxygen atoms in total. The maximum absolute atomic E-state index is 9.93. The number of fused-ring (bicyclic) bond motifs is 1. The van der Waals surface area contributed by atoms with Gasteiger partial charge in [-0.3, -0.25) is 0 Å². The van der Waals surface area contributed by atoms with Crippen LogP contribution in [0.15, 0.2) is 6.20 Å². The van der Waals surface area contributed by atoms with Gasteiger partial charge in [0.1, 0.15) is 16.9 Å². The van der Waals surface area contributed by atoms with Crippen LogP contribution in [0.5, 0.6) is 0 Å². The first-order valence-electron chi connectivity index (χ1n) is 4.97. The number of H-pyrrole nitrogens is 1. The summed E-state index contributed by atoms with van der Waals surface area (Å²) in [6.07, 6.45) is -1.20. The highest BCUT2D eigenvalue weighted by molar-refractivity contribution is 6.35. The van der Waals surface area contributed by atoms with Crippen LogP contribution < -0.4 is 0 Å². The molecule has 0 amide bonds. The molecule has 0 bridgehead atoms. The lowest BCUT2D eigenvalue weighted by Gasteiger charge is -2.14. The topological polar surface area (TPSA) is 106 Å². The minimum absolute atomic E-state index is 0.0204. The summed E-state index contributed by atoms with van der Waals surface area (Å²) in [5.74, 6) is 0. The van der Waals surface area contributed by atoms with E-state index in [9.17, 15) is 10.2 Å². The number of aromatic nitrogens is 3. The van der Waals surface area contributed by atoms with Crippen LogP contribution in [0.2, 0.25) is 10.4 Å². The molecule has 2 unspecified atom stereocenters. The van der Waals surface area contributed by atoms with Gasteiger partial charge in [-0.15, -0.1) is 0 Å². The third-order valence-corrected chi connectivity index (χ3v) is 2.92. The van der Waals surface area contributed by atoms with Gasteiger partial charge < -0.3 is 15.2 Å². The average molecular weight is 287 g/mol. The van der Waals surface area contributed by atoms with E-state index in [1.54, 1.807) is 6.07 Å². The molecule has 2 atom stereocenters. The summed E-state index contributed by atoms with van der Waals surface area (Å²) in [6.45, 7) is 0. The zero-order valence-corrected chi connectivity index (χ0v) is 10.4. The lowest BCUT2D eigenvalue weighted by Crippen LogP contribution is -2.17. The standard InChI is InChI=1S/C10H8Cl2N4O2/c11-8-6-4(7(18)5(17)1-2-13)3-14-9(6)16-10(12)15-8/h3,5,7,17-18H,1H2,(H,14,15,16). The Morgan fingerprint density at radius 3 is 2.78 bits per heavy atom. The zero-order valence-electron chi connectivity index (χ0n) is 8.93. The van der Waals surface area contributed by atoms with Gasteiger partial charge in [-0.2, -0.15) is 10.2 Å². The van der Waals surface area contributed by atoms with Gasteiger partial charge in [0.25, 0.3) is 0 Å². The molecule has 0 saturated carbocycles. The van der Waals surface area contributed by atoms with E-state index in [-0.39, 0.29) is 16.9 Å². The quantitative estimate of drug-likeness (QED) is 0.587. The molecule has 0 aliphatic heterocycles. The first kappa shape index (κ1) is 13.1. The van der Waals surface area contributed by atoms with Gasteiger partial charge in [-0.25, -0.2) is 4.98 Å². The third-order valence-electron chi connectivity index (χ3n) is 2.47. The van der Waals surface area contributed by atoms with E-state index in [2.05, 4.69) is 15.0 Å². The average Bonchev–Trinajstić information content (AvgIpc) is 2.72. The molecule has 0 saturated heterocycles. The molecule has 2 heterocycles. The molecule has 0 fully saturated rings. The highest BCUT2D eigenvalue weighted by Crippen LogP contribution is 2.31. The zero-order chi connectivity index (χ0) is 13.3. The number of halogens is 2. The summed E-state index contributed by atoms with van der Waals surface area (Å²) in [4.78, 5) is 10.4. The second-order valence-corrected chi connectivity index (χ2v) is 4.32. The monoisotopic (exact) mass is 286 g/mol. The van der Waals surface area contributed by atoms with E-state index in [4.69, 9.17) is 28.5 Å². The molecule has 0 aliphatic carbocycles. The molecular formula is C10H8Cl2N4O2. The Kier molecular flexibility index (Phi) is 3.68. The fraction of sp³-hybridized carbons (Fsp3) is 0.300. The highest BCUT2D eigenvalue weighted by Gasteiger charge is 2.23. The minimum Gasteiger partial charge on any atom is -0.389 e. The van der Waals surface area contributed by atoms with Crippen molar-refractivity contribution < 1.29 is 10.2 Å². The Balaban J connectivity index is 2.50. The molecule has 94 valence electrons. The van der Waals surface area contributed by atoms with Crippen LogP contribution >= 0.6 is 23.2 Å². The van der Waals surface area contributed by atoms with Gasteiger partial charge in [0.15, 0.2) is 0 Å². The fourth-order valence-corrected chi connectivity index (χ4v) is 2.12. The molecule has 18 heavy (non-hydrogen) atoms. The summed E-state index contributed by atoms with van der Waals surface area (Å²) < 4.78 is 0. The van der Waals surface area contributed by atoms with Crippen molar-refractivity contribution in [3.63, 3.8) is 0 Å². The maximum atomic E-state index is 9.93. The first-order valence-corrected chi connectivity index (χ1v) is 5.73. The molecule has 0 aromatic carbocycles. The summed E-state index contributed by atoms with van der Waals surface area (Å²) in [6, 6.07) is 1.78. The van der Waals surface area contributed by atoms with Crippen molar-refractivity contribution in [2.75, 3.05) is 0 Å². The van der Waals surface area contributed by atoms with Gasteiger partial charge in [-0.05, 0) is 11.6 Å². The second kappa shape index (κ2) is 5.08. The van der Waals surface area contributed by atoms with Gasteiger partial charge in [0, 0.05) is 11.8 Å². The number of nitrogens with one attached hydrogen (secondary N) is 1. The van der Waals surface area contributed by atoms with Crippen molar-refractivity contribution in [1.29, 1.82) is 5.26 Å². The number of nitriles is 1. The Morgan fingerprint density at radius 2 is 2.11 bits per heavy atom. The van der Waals surface area contributed by atoms with Crippen LogP contribution in [0.3, 0.4) is 0 Å². The highest BCUT2D eigenvalue weighted by atomic mass is 35.5. The van der Waals surface area contributed by atoms with E-state index in [1.165, 1.54) is 6.20 Å². The van der Waals surface area contributed by atoms with Crippen LogP contribution in [-0.4, -0.2) is 31.3 Å². The number of nitrogens with zero attached hydrogens (tertiary/aromatic N) is 3. The largest absolute Gasteiger partial charge is 0.389 e. The van der Waals surface area contributed by atoms with Crippen molar-refractivity contribution in [3.05, 3.63) is 22.2 Å².